The number of rotatable bonds is 6. The largest absolute Gasteiger partial charge is 0.364 e. The number of anilines is 2. The van der Waals surface area contributed by atoms with Crippen LogP contribution in [0.25, 0.3) is 0 Å². The number of hydrogen-bond donors (Lipinski definition) is 2. The molecule has 0 aliphatic rings. The summed E-state index contributed by atoms with van der Waals surface area (Å²) >= 11 is 0. The molecule has 0 saturated heterocycles. The van der Waals surface area contributed by atoms with Crippen LogP contribution in [0.4, 0.5) is 11.8 Å². The van der Waals surface area contributed by atoms with Crippen LogP contribution in [-0.2, 0) is 13.1 Å². The number of nitrogens with zero attached hydrogens (tertiary/aromatic N) is 3. The number of nitrogens with one attached hydrogen (secondary N) is 2. The van der Waals surface area contributed by atoms with E-state index in [9.17, 15) is 0 Å². The molecular weight excluding hydrogens is 286 g/mol. The average Bonchev–Trinajstić information content (AvgIpc) is 2.61. The molecule has 2 N–H and O–H groups in total. The van der Waals surface area contributed by atoms with Crippen LogP contribution in [0.1, 0.15) is 16.8 Å². The lowest BCUT2D eigenvalue weighted by molar-refractivity contribution is 1.00. The maximum Gasteiger partial charge on any atom is 0.224 e. The average molecular weight is 305 g/mol. The maximum atomic E-state index is 4.47. The zero-order valence-corrected chi connectivity index (χ0v) is 13.0. The summed E-state index contributed by atoms with van der Waals surface area (Å²) in [7, 11) is 0. The van der Waals surface area contributed by atoms with E-state index >= 15 is 0 Å². The molecule has 5 nitrogen and oxygen atoms in total. The second-order valence-corrected chi connectivity index (χ2v) is 5.22. The lowest BCUT2D eigenvalue weighted by Crippen LogP contribution is -2.07. The fraction of sp³-hybridized carbons (Fsp3) is 0.167. The van der Waals surface area contributed by atoms with Crippen molar-refractivity contribution >= 4 is 11.8 Å². The number of hydrogen-bond acceptors (Lipinski definition) is 5. The second kappa shape index (κ2) is 7.35. The summed E-state index contributed by atoms with van der Waals surface area (Å²) in [4.78, 5) is 13.0. The molecule has 116 valence electrons. The van der Waals surface area contributed by atoms with Crippen molar-refractivity contribution in [3.63, 3.8) is 0 Å². The van der Waals surface area contributed by atoms with Gasteiger partial charge in [-0.1, -0.05) is 30.3 Å². The van der Waals surface area contributed by atoms with Gasteiger partial charge in [-0.25, -0.2) is 4.98 Å². The van der Waals surface area contributed by atoms with Crippen LogP contribution in [0.2, 0.25) is 0 Å². The third-order valence-corrected chi connectivity index (χ3v) is 3.53. The molecule has 0 aliphatic carbocycles. The molecule has 1 aromatic carbocycles. The van der Waals surface area contributed by atoms with Crippen LogP contribution in [0.15, 0.2) is 60.9 Å². The SMILES string of the molecule is Cc1ccccc1CNc1nccc(NCc2ccccn2)n1. The van der Waals surface area contributed by atoms with Gasteiger partial charge in [0.2, 0.25) is 5.95 Å². The van der Waals surface area contributed by atoms with Crippen molar-refractivity contribution in [2.45, 2.75) is 20.0 Å². The molecule has 0 atom stereocenters. The summed E-state index contributed by atoms with van der Waals surface area (Å²) < 4.78 is 0. The number of aryl methyl sites for hydroxylation is 1. The first kappa shape index (κ1) is 15.0. The van der Waals surface area contributed by atoms with E-state index < -0.39 is 0 Å². The van der Waals surface area contributed by atoms with Gasteiger partial charge >= 0.3 is 0 Å². The highest BCUT2D eigenvalue weighted by molar-refractivity contribution is 5.40. The molecule has 0 aliphatic heterocycles. The van der Waals surface area contributed by atoms with Crippen LogP contribution in [0.5, 0.6) is 0 Å². The smallest absolute Gasteiger partial charge is 0.224 e. The zero-order valence-electron chi connectivity index (χ0n) is 13.0. The minimum atomic E-state index is 0.610. The van der Waals surface area contributed by atoms with E-state index in [2.05, 4.69) is 44.6 Å². The van der Waals surface area contributed by atoms with Crippen molar-refractivity contribution in [2.24, 2.45) is 0 Å². The van der Waals surface area contributed by atoms with E-state index in [4.69, 9.17) is 0 Å². The van der Waals surface area contributed by atoms with Gasteiger partial charge in [0.05, 0.1) is 12.2 Å². The van der Waals surface area contributed by atoms with E-state index in [0.717, 1.165) is 11.5 Å². The molecular formula is C18H19N5. The summed E-state index contributed by atoms with van der Waals surface area (Å²) in [6, 6.07) is 16.0. The molecule has 0 amide bonds. The van der Waals surface area contributed by atoms with Crippen molar-refractivity contribution in [3.05, 3.63) is 77.7 Å². The quantitative estimate of drug-likeness (QED) is 0.731. The molecule has 0 unspecified atom stereocenters. The number of pyridine rings is 1. The van der Waals surface area contributed by atoms with Crippen LogP contribution in [0, 0.1) is 6.92 Å². The first-order chi connectivity index (χ1) is 11.3. The molecule has 23 heavy (non-hydrogen) atoms. The van der Waals surface area contributed by atoms with Gasteiger partial charge in [-0.3, -0.25) is 4.98 Å². The topological polar surface area (TPSA) is 62.7 Å². The molecule has 0 fully saturated rings. The lowest BCUT2D eigenvalue weighted by atomic mass is 10.1. The van der Waals surface area contributed by atoms with Gasteiger partial charge in [0.25, 0.3) is 0 Å². The Balaban J connectivity index is 1.60. The third-order valence-electron chi connectivity index (χ3n) is 3.53. The first-order valence-electron chi connectivity index (χ1n) is 7.56. The Morgan fingerprint density at radius 2 is 1.70 bits per heavy atom. The Morgan fingerprint density at radius 3 is 2.52 bits per heavy atom. The highest BCUT2D eigenvalue weighted by Crippen LogP contribution is 2.11. The van der Waals surface area contributed by atoms with E-state index in [1.165, 1.54) is 11.1 Å². The number of benzene rings is 1. The highest BCUT2D eigenvalue weighted by atomic mass is 15.1. The molecule has 3 aromatic rings. The predicted molar refractivity (Wildman–Crippen MR) is 92.1 cm³/mol. The van der Waals surface area contributed by atoms with E-state index in [1.807, 2.05) is 36.4 Å². The van der Waals surface area contributed by atoms with Gasteiger partial charge < -0.3 is 10.6 Å². The Bertz CT molecular complexity index is 758. The zero-order chi connectivity index (χ0) is 15.9. The third kappa shape index (κ3) is 4.26. The van der Waals surface area contributed by atoms with Crippen LogP contribution in [-0.4, -0.2) is 15.0 Å². The van der Waals surface area contributed by atoms with Crippen molar-refractivity contribution in [2.75, 3.05) is 10.6 Å². The molecule has 2 heterocycles. The molecule has 3 rings (SSSR count). The van der Waals surface area contributed by atoms with Gasteiger partial charge in [-0.2, -0.15) is 4.98 Å². The van der Waals surface area contributed by atoms with Gasteiger partial charge in [0.15, 0.2) is 0 Å². The minimum Gasteiger partial charge on any atom is -0.364 e. The Hall–Kier alpha value is -2.95. The number of aromatic nitrogens is 3. The van der Waals surface area contributed by atoms with Crippen molar-refractivity contribution in [3.8, 4) is 0 Å². The lowest BCUT2D eigenvalue weighted by Gasteiger charge is -2.09. The summed E-state index contributed by atoms with van der Waals surface area (Å²) in [6.45, 7) is 3.44. The molecule has 5 heteroatoms. The van der Waals surface area contributed by atoms with E-state index in [-0.39, 0.29) is 0 Å². The van der Waals surface area contributed by atoms with Crippen molar-refractivity contribution < 1.29 is 0 Å². The van der Waals surface area contributed by atoms with Gasteiger partial charge in [-0.05, 0) is 36.2 Å². The van der Waals surface area contributed by atoms with Crippen LogP contribution >= 0.6 is 0 Å². The van der Waals surface area contributed by atoms with Crippen molar-refractivity contribution in [1.82, 2.24) is 15.0 Å². The molecule has 0 saturated carbocycles. The van der Waals surface area contributed by atoms with E-state index in [0.29, 0.717) is 19.0 Å². The fourth-order valence-electron chi connectivity index (χ4n) is 2.21. The molecule has 0 spiro atoms. The predicted octanol–water partition coefficient (Wildman–Crippen LogP) is 3.40. The Morgan fingerprint density at radius 1 is 0.826 bits per heavy atom. The summed E-state index contributed by atoms with van der Waals surface area (Å²) in [6.07, 6.45) is 3.53. The molecule has 0 bridgehead atoms. The summed E-state index contributed by atoms with van der Waals surface area (Å²) in [5.41, 5.74) is 3.47. The molecule has 0 radical (unpaired) electrons. The normalized spacial score (nSPS) is 10.3. The monoisotopic (exact) mass is 305 g/mol. The second-order valence-electron chi connectivity index (χ2n) is 5.22. The van der Waals surface area contributed by atoms with Gasteiger partial charge in [0, 0.05) is 18.9 Å². The first-order valence-corrected chi connectivity index (χ1v) is 7.56. The minimum absolute atomic E-state index is 0.610. The van der Waals surface area contributed by atoms with Gasteiger partial charge in [0.1, 0.15) is 5.82 Å². The van der Waals surface area contributed by atoms with E-state index in [1.54, 1.807) is 12.4 Å². The summed E-state index contributed by atoms with van der Waals surface area (Å²) in [5.74, 6) is 1.39. The Kier molecular flexibility index (Phi) is 4.79. The van der Waals surface area contributed by atoms with Gasteiger partial charge in [-0.15, -0.1) is 0 Å². The Labute approximate surface area is 135 Å². The summed E-state index contributed by atoms with van der Waals surface area (Å²) in [5, 5.41) is 6.52. The van der Waals surface area contributed by atoms with Crippen LogP contribution in [0.3, 0.4) is 0 Å². The molecule has 2 aromatic heterocycles. The fourth-order valence-corrected chi connectivity index (χ4v) is 2.21. The van der Waals surface area contributed by atoms with Crippen LogP contribution < -0.4 is 10.6 Å². The van der Waals surface area contributed by atoms with Crippen molar-refractivity contribution in [1.29, 1.82) is 0 Å². The maximum absolute atomic E-state index is 4.47. The standard InChI is InChI=1S/C18H19N5/c1-14-6-2-3-7-15(14)12-22-18-20-11-9-17(23-18)21-13-16-8-4-5-10-19-16/h2-11H,12-13H2,1H3,(H2,20,21,22,23). The highest BCUT2D eigenvalue weighted by Gasteiger charge is 2.01.